The molecule has 98 valence electrons. The zero-order valence-electron chi connectivity index (χ0n) is 10.1. The molecule has 1 aromatic carbocycles. The fourth-order valence-corrected chi connectivity index (χ4v) is 2.01. The third-order valence-corrected chi connectivity index (χ3v) is 3.02. The maximum Gasteiger partial charge on any atom is 0.335 e. The van der Waals surface area contributed by atoms with Crippen molar-refractivity contribution < 1.29 is 19.1 Å². The number of benzene rings is 1. The molecule has 6 heteroatoms. The Morgan fingerprint density at radius 3 is 2.68 bits per heavy atom. The first-order chi connectivity index (χ1) is 9.24. The van der Waals surface area contributed by atoms with Gasteiger partial charge in [0.25, 0.3) is 0 Å². The SMILES string of the molecule is O=C(O)c1ccc(-c2nnc(C3CCCO3)o2)cc1. The normalized spacial score (nSPS) is 18.6. The van der Waals surface area contributed by atoms with Crippen molar-refractivity contribution in [3.8, 4) is 11.5 Å². The van der Waals surface area contributed by atoms with Crippen molar-refractivity contribution in [3.63, 3.8) is 0 Å². The molecule has 1 aliphatic heterocycles. The third kappa shape index (κ3) is 2.34. The standard InChI is InChI=1S/C13H12N2O4/c16-13(17)9-5-3-8(4-6-9)11-14-15-12(19-11)10-2-1-7-18-10/h3-6,10H,1-2,7H2,(H,16,17). The molecule has 19 heavy (non-hydrogen) atoms. The Bertz CT molecular complexity index is 585. The predicted octanol–water partition coefficient (Wildman–Crippen LogP) is 2.29. The average Bonchev–Trinajstić information content (AvgIpc) is 3.10. The van der Waals surface area contributed by atoms with Crippen molar-refractivity contribution in [3.05, 3.63) is 35.7 Å². The molecular formula is C13H12N2O4. The first-order valence-corrected chi connectivity index (χ1v) is 6.03. The van der Waals surface area contributed by atoms with E-state index in [1.807, 2.05) is 0 Å². The molecule has 1 atom stereocenters. The van der Waals surface area contributed by atoms with Crippen LogP contribution in [0.3, 0.4) is 0 Å². The van der Waals surface area contributed by atoms with Gasteiger partial charge in [0.1, 0.15) is 6.10 Å². The molecule has 0 amide bonds. The van der Waals surface area contributed by atoms with Gasteiger partial charge in [-0.1, -0.05) is 0 Å². The minimum absolute atomic E-state index is 0.112. The van der Waals surface area contributed by atoms with Gasteiger partial charge >= 0.3 is 5.97 Å². The zero-order chi connectivity index (χ0) is 13.2. The van der Waals surface area contributed by atoms with E-state index in [2.05, 4.69) is 10.2 Å². The predicted molar refractivity (Wildman–Crippen MR) is 64.6 cm³/mol. The fraction of sp³-hybridized carbons (Fsp3) is 0.308. The van der Waals surface area contributed by atoms with Crippen molar-refractivity contribution in [2.45, 2.75) is 18.9 Å². The van der Waals surface area contributed by atoms with E-state index in [9.17, 15) is 4.79 Å². The van der Waals surface area contributed by atoms with E-state index in [4.69, 9.17) is 14.3 Å². The fourth-order valence-electron chi connectivity index (χ4n) is 2.01. The molecule has 1 aliphatic rings. The lowest BCUT2D eigenvalue weighted by molar-refractivity contribution is 0.0697. The Hall–Kier alpha value is -2.21. The van der Waals surface area contributed by atoms with Crippen LogP contribution in [0.4, 0.5) is 0 Å². The second-order valence-electron chi connectivity index (χ2n) is 4.33. The Labute approximate surface area is 109 Å². The third-order valence-electron chi connectivity index (χ3n) is 3.02. The molecule has 2 heterocycles. The second-order valence-corrected chi connectivity index (χ2v) is 4.33. The number of nitrogens with zero attached hydrogens (tertiary/aromatic N) is 2. The van der Waals surface area contributed by atoms with E-state index in [1.54, 1.807) is 12.1 Å². The molecule has 3 rings (SSSR count). The van der Waals surface area contributed by atoms with E-state index in [0.29, 0.717) is 17.3 Å². The molecular weight excluding hydrogens is 248 g/mol. The van der Waals surface area contributed by atoms with Gasteiger partial charge in [0.15, 0.2) is 0 Å². The summed E-state index contributed by atoms with van der Waals surface area (Å²) in [6, 6.07) is 6.31. The van der Waals surface area contributed by atoms with E-state index in [1.165, 1.54) is 12.1 Å². The summed E-state index contributed by atoms with van der Waals surface area (Å²) in [7, 11) is 0. The van der Waals surface area contributed by atoms with E-state index < -0.39 is 5.97 Å². The van der Waals surface area contributed by atoms with Gasteiger partial charge in [-0.05, 0) is 37.1 Å². The highest BCUT2D eigenvalue weighted by Gasteiger charge is 2.23. The Balaban J connectivity index is 1.83. The number of carboxylic acid groups (broad SMARTS) is 1. The van der Waals surface area contributed by atoms with Gasteiger partial charge in [0.05, 0.1) is 5.56 Å². The molecule has 0 saturated carbocycles. The van der Waals surface area contributed by atoms with Crippen LogP contribution < -0.4 is 0 Å². The number of carboxylic acids is 1. The van der Waals surface area contributed by atoms with Crippen LogP contribution in [0.2, 0.25) is 0 Å². The summed E-state index contributed by atoms with van der Waals surface area (Å²) in [4.78, 5) is 10.8. The summed E-state index contributed by atoms with van der Waals surface area (Å²) in [5.41, 5.74) is 0.921. The summed E-state index contributed by atoms with van der Waals surface area (Å²) >= 11 is 0. The molecule has 2 aromatic rings. The van der Waals surface area contributed by atoms with Gasteiger partial charge in [-0.3, -0.25) is 0 Å². The van der Waals surface area contributed by atoms with Crippen molar-refractivity contribution >= 4 is 5.97 Å². The maximum absolute atomic E-state index is 10.8. The van der Waals surface area contributed by atoms with Crippen LogP contribution in [-0.2, 0) is 4.74 Å². The van der Waals surface area contributed by atoms with Crippen LogP contribution in [0.1, 0.15) is 35.2 Å². The minimum Gasteiger partial charge on any atom is -0.478 e. The molecule has 1 unspecified atom stereocenters. The Morgan fingerprint density at radius 2 is 2.05 bits per heavy atom. The van der Waals surface area contributed by atoms with Crippen molar-refractivity contribution in [2.24, 2.45) is 0 Å². The Morgan fingerprint density at radius 1 is 1.26 bits per heavy atom. The molecule has 0 spiro atoms. The molecule has 0 radical (unpaired) electrons. The van der Waals surface area contributed by atoms with Crippen LogP contribution >= 0.6 is 0 Å². The van der Waals surface area contributed by atoms with Crippen LogP contribution in [0, 0.1) is 0 Å². The van der Waals surface area contributed by atoms with Crippen LogP contribution in [0.5, 0.6) is 0 Å². The van der Waals surface area contributed by atoms with Gasteiger partial charge < -0.3 is 14.3 Å². The number of ether oxygens (including phenoxy) is 1. The number of hydrogen-bond acceptors (Lipinski definition) is 5. The number of hydrogen-bond donors (Lipinski definition) is 1. The summed E-state index contributed by atoms with van der Waals surface area (Å²) in [6.45, 7) is 0.718. The highest BCUT2D eigenvalue weighted by molar-refractivity contribution is 5.88. The van der Waals surface area contributed by atoms with Gasteiger partial charge in [0, 0.05) is 12.2 Å². The molecule has 6 nitrogen and oxygen atoms in total. The van der Waals surface area contributed by atoms with Crippen LogP contribution in [0.15, 0.2) is 28.7 Å². The molecule has 1 saturated heterocycles. The number of aromatic carboxylic acids is 1. The topological polar surface area (TPSA) is 85.5 Å². The molecule has 0 bridgehead atoms. The number of carbonyl (C=O) groups is 1. The van der Waals surface area contributed by atoms with Crippen LogP contribution in [-0.4, -0.2) is 27.9 Å². The van der Waals surface area contributed by atoms with Crippen LogP contribution in [0.25, 0.3) is 11.5 Å². The lowest BCUT2D eigenvalue weighted by Gasteiger charge is -2.01. The summed E-state index contributed by atoms with van der Waals surface area (Å²) in [5, 5.41) is 16.8. The Kier molecular flexibility index (Phi) is 3.00. The van der Waals surface area contributed by atoms with E-state index >= 15 is 0 Å². The maximum atomic E-state index is 10.8. The molecule has 1 aromatic heterocycles. The average molecular weight is 260 g/mol. The highest BCUT2D eigenvalue weighted by atomic mass is 16.5. The minimum atomic E-state index is -0.961. The summed E-state index contributed by atoms with van der Waals surface area (Å²) in [6.07, 6.45) is 1.77. The van der Waals surface area contributed by atoms with Crippen molar-refractivity contribution in [1.82, 2.24) is 10.2 Å². The largest absolute Gasteiger partial charge is 0.478 e. The first kappa shape index (κ1) is 11.9. The lowest BCUT2D eigenvalue weighted by atomic mass is 10.1. The number of aromatic nitrogens is 2. The van der Waals surface area contributed by atoms with Crippen molar-refractivity contribution in [1.29, 1.82) is 0 Å². The van der Waals surface area contributed by atoms with Gasteiger partial charge in [0.2, 0.25) is 11.8 Å². The zero-order valence-corrected chi connectivity index (χ0v) is 10.1. The molecule has 0 aliphatic carbocycles. The quantitative estimate of drug-likeness (QED) is 0.911. The first-order valence-electron chi connectivity index (χ1n) is 6.03. The summed E-state index contributed by atoms with van der Waals surface area (Å²) in [5.74, 6) is -0.102. The van der Waals surface area contributed by atoms with Gasteiger partial charge in [-0.2, -0.15) is 0 Å². The monoisotopic (exact) mass is 260 g/mol. The van der Waals surface area contributed by atoms with Gasteiger partial charge in [-0.15, -0.1) is 10.2 Å². The molecule has 1 N–H and O–H groups in total. The number of rotatable bonds is 3. The summed E-state index contributed by atoms with van der Waals surface area (Å²) < 4.78 is 11.0. The van der Waals surface area contributed by atoms with E-state index in [0.717, 1.165) is 19.4 Å². The lowest BCUT2D eigenvalue weighted by Crippen LogP contribution is -1.95. The van der Waals surface area contributed by atoms with E-state index in [-0.39, 0.29) is 11.7 Å². The molecule has 1 fully saturated rings. The second kappa shape index (κ2) is 4.81. The highest BCUT2D eigenvalue weighted by Crippen LogP contribution is 2.29. The van der Waals surface area contributed by atoms with Crippen molar-refractivity contribution in [2.75, 3.05) is 6.61 Å². The smallest absolute Gasteiger partial charge is 0.335 e. The van der Waals surface area contributed by atoms with Gasteiger partial charge in [-0.25, -0.2) is 4.79 Å².